The van der Waals surface area contributed by atoms with E-state index in [-0.39, 0.29) is 17.1 Å². The molecule has 31 heavy (non-hydrogen) atoms. The summed E-state index contributed by atoms with van der Waals surface area (Å²) in [6.07, 6.45) is 0. The molecule has 1 saturated heterocycles. The number of aromatic carboxylic acids is 1. The molecule has 3 aromatic rings. The smallest absolute Gasteiger partial charge is 0.337 e. The molecule has 162 valence electrons. The van der Waals surface area contributed by atoms with E-state index in [9.17, 15) is 23.5 Å². The molecule has 1 aliphatic rings. The highest BCUT2D eigenvalue weighted by Gasteiger charge is 2.45. The van der Waals surface area contributed by atoms with E-state index >= 15 is 0 Å². The number of nitrogens with zero attached hydrogens (tertiary/aromatic N) is 3. The van der Waals surface area contributed by atoms with E-state index in [1.165, 1.54) is 22.6 Å². The normalized spacial score (nSPS) is 16.1. The number of anilines is 2. The number of rotatable bonds is 5. The van der Waals surface area contributed by atoms with Gasteiger partial charge >= 0.3 is 5.97 Å². The number of hydrogen-bond acceptors (Lipinski definition) is 5. The number of carboxylic acids is 1. The fourth-order valence-corrected chi connectivity index (χ4v) is 3.91. The van der Waals surface area contributed by atoms with Crippen LogP contribution < -0.4 is 15.8 Å². The maximum Gasteiger partial charge on any atom is 0.337 e. The molecule has 0 saturated carbocycles. The molecule has 1 aromatic heterocycles. The number of carboxylic acid groups (broad SMARTS) is 1. The van der Waals surface area contributed by atoms with Crippen molar-refractivity contribution in [3.05, 3.63) is 63.4 Å². The van der Waals surface area contributed by atoms with Gasteiger partial charge in [0, 0.05) is 18.3 Å². The predicted octanol–water partition coefficient (Wildman–Crippen LogP) is 3.57. The van der Waals surface area contributed by atoms with Crippen LogP contribution in [-0.2, 0) is 7.05 Å². The summed E-state index contributed by atoms with van der Waals surface area (Å²) < 4.78 is 28.1. The monoisotopic (exact) mass is 428 g/mol. The zero-order valence-corrected chi connectivity index (χ0v) is 17.3. The highest BCUT2D eigenvalue weighted by atomic mass is 19.3. The lowest BCUT2D eigenvalue weighted by Crippen LogP contribution is -2.57. The molecule has 0 aliphatic carbocycles. The zero-order valence-electron chi connectivity index (χ0n) is 17.3. The number of nitrogens with one attached hydrogen (secondary N) is 1. The highest BCUT2D eigenvalue weighted by Crippen LogP contribution is 2.32. The first kappa shape index (κ1) is 20.8. The van der Waals surface area contributed by atoms with Crippen LogP contribution in [0.5, 0.6) is 0 Å². The Morgan fingerprint density at radius 1 is 1.26 bits per heavy atom. The Bertz CT molecular complexity index is 1250. The van der Waals surface area contributed by atoms with Crippen LogP contribution in [0.3, 0.4) is 0 Å². The molecule has 1 aliphatic heterocycles. The molecule has 0 radical (unpaired) electrons. The number of aryl methyl sites for hydroxylation is 1. The molecule has 1 atom stereocenters. The average molecular weight is 428 g/mol. The van der Waals surface area contributed by atoms with Gasteiger partial charge in [0.05, 0.1) is 35.6 Å². The second-order valence-corrected chi connectivity index (χ2v) is 7.96. The van der Waals surface area contributed by atoms with Gasteiger partial charge in [0.15, 0.2) is 0 Å². The lowest BCUT2D eigenvalue weighted by Gasteiger charge is -2.40. The molecule has 0 spiro atoms. The van der Waals surface area contributed by atoms with Crippen LogP contribution in [-0.4, -0.2) is 39.6 Å². The van der Waals surface area contributed by atoms with Gasteiger partial charge in [-0.15, -0.1) is 0 Å². The van der Waals surface area contributed by atoms with E-state index in [0.29, 0.717) is 22.2 Å². The molecule has 7 nitrogen and oxygen atoms in total. The van der Waals surface area contributed by atoms with Crippen molar-refractivity contribution < 1.29 is 18.7 Å². The molecule has 1 fully saturated rings. The lowest BCUT2D eigenvalue weighted by molar-refractivity contribution is -0.0275. The van der Waals surface area contributed by atoms with Gasteiger partial charge in [-0.2, -0.15) is 0 Å². The fourth-order valence-electron chi connectivity index (χ4n) is 3.91. The van der Waals surface area contributed by atoms with Crippen LogP contribution >= 0.6 is 0 Å². The van der Waals surface area contributed by atoms with Gasteiger partial charge < -0.3 is 15.3 Å². The quantitative estimate of drug-likeness (QED) is 0.646. The van der Waals surface area contributed by atoms with Crippen LogP contribution in [0.25, 0.3) is 10.9 Å². The van der Waals surface area contributed by atoms with Crippen molar-refractivity contribution in [3.63, 3.8) is 0 Å². The molecular weight excluding hydrogens is 406 g/mol. The molecule has 4 rings (SSSR count). The third-order valence-corrected chi connectivity index (χ3v) is 5.45. The average Bonchev–Trinajstić information content (AvgIpc) is 2.69. The maximum atomic E-state index is 13.4. The van der Waals surface area contributed by atoms with E-state index in [1.807, 2.05) is 19.9 Å². The van der Waals surface area contributed by atoms with Gasteiger partial charge in [0.2, 0.25) is 5.95 Å². The van der Waals surface area contributed by atoms with Crippen molar-refractivity contribution in [2.24, 2.45) is 7.05 Å². The van der Waals surface area contributed by atoms with E-state index < -0.39 is 31.0 Å². The summed E-state index contributed by atoms with van der Waals surface area (Å²) in [7, 11) is 1.52. The summed E-state index contributed by atoms with van der Waals surface area (Å²) in [6, 6.07) is 9.73. The van der Waals surface area contributed by atoms with Crippen molar-refractivity contribution in [3.8, 4) is 0 Å². The van der Waals surface area contributed by atoms with Crippen molar-refractivity contribution in [2.45, 2.75) is 25.8 Å². The number of carbonyl (C=O) groups is 1. The molecule has 0 unspecified atom stereocenters. The minimum absolute atomic E-state index is 0.124. The summed E-state index contributed by atoms with van der Waals surface area (Å²) in [5.41, 5.74) is 2.17. The number of fused-ring (bicyclic) bond motifs is 1. The van der Waals surface area contributed by atoms with Crippen LogP contribution in [0, 0.1) is 6.92 Å². The second-order valence-electron chi connectivity index (χ2n) is 7.96. The molecule has 2 aromatic carbocycles. The van der Waals surface area contributed by atoms with Crippen molar-refractivity contribution >= 4 is 28.5 Å². The van der Waals surface area contributed by atoms with Crippen LogP contribution in [0.15, 0.2) is 41.2 Å². The van der Waals surface area contributed by atoms with Crippen LogP contribution in [0.4, 0.5) is 20.4 Å². The molecule has 0 bridgehead atoms. The van der Waals surface area contributed by atoms with Gasteiger partial charge in [0.25, 0.3) is 11.5 Å². The minimum Gasteiger partial charge on any atom is -0.478 e. The van der Waals surface area contributed by atoms with E-state index in [0.717, 1.165) is 5.56 Å². The fraction of sp³-hybridized carbons (Fsp3) is 0.318. The molecule has 9 heteroatoms. The molecule has 2 heterocycles. The molecule has 2 N–H and O–H groups in total. The number of hydrogen-bond donors (Lipinski definition) is 2. The topological polar surface area (TPSA) is 87.5 Å². The first-order chi connectivity index (χ1) is 14.6. The zero-order chi connectivity index (χ0) is 22.5. The van der Waals surface area contributed by atoms with Gasteiger partial charge in [-0.05, 0) is 37.6 Å². The van der Waals surface area contributed by atoms with E-state index in [2.05, 4.69) is 10.3 Å². The highest BCUT2D eigenvalue weighted by molar-refractivity contribution is 5.94. The molecule has 0 amide bonds. The first-order valence-electron chi connectivity index (χ1n) is 9.80. The number of benzene rings is 2. The third-order valence-electron chi connectivity index (χ3n) is 5.45. The Morgan fingerprint density at radius 3 is 2.58 bits per heavy atom. The van der Waals surface area contributed by atoms with Gasteiger partial charge in [-0.1, -0.05) is 18.2 Å². The summed E-state index contributed by atoms with van der Waals surface area (Å²) in [4.78, 5) is 30.5. The summed E-state index contributed by atoms with van der Waals surface area (Å²) in [6.45, 7) is 2.72. The second kappa shape index (κ2) is 7.33. The predicted molar refractivity (Wildman–Crippen MR) is 114 cm³/mol. The number of halogens is 2. The Hall–Kier alpha value is -3.49. The van der Waals surface area contributed by atoms with Crippen molar-refractivity contribution in [1.82, 2.24) is 9.55 Å². The Labute approximate surface area is 176 Å². The Balaban J connectivity index is 1.81. The largest absolute Gasteiger partial charge is 0.478 e. The van der Waals surface area contributed by atoms with Crippen molar-refractivity contribution in [1.29, 1.82) is 0 Å². The lowest BCUT2D eigenvalue weighted by atomic mass is 10.0. The Morgan fingerprint density at radius 2 is 1.94 bits per heavy atom. The van der Waals surface area contributed by atoms with E-state index in [4.69, 9.17) is 0 Å². The SMILES string of the molecule is Cc1cc([C@@H](C)Nc2ccccc2C(=O)O)c2nc(N3CC(F)(F)C3)n(C)c(=O)c2c1. The summed E-state index contributed by atoms with van der Waals surface area (Å²) in [5.74, 6) is -3.66. The van der Waals surface area contributed by atoms with E-state index in [1.54, 1.807) is 24.3 Å². The summed E-state index contributed by atoms with van der Waals surface area (Å²) >= 11 is 0. The third kappa shape index (κ3) is 3.71. The van der Waals surface area contributed by atoms with Crippen molar-refractivity contribution in [2.75, 3.05) is 23.3 Å². The van der Waals surface area contributed by atoms with Crippen LogP contribution in [0.1, 0.15) is 34.5 Å². The number of para-hydroxylation sites is 1. The number of aromatic nitrogens is 2. The Kier molecular flexibility index (Phi) is 4.91. The minimum atomic E-state index is -2.79. The van der Waals surface area contributed by atoms with Gasteiger partial charge in [-0.3, -0.25) is 9.36 Å². The van der Waals surface area contributed by atoms with Gasteiger partial charge in [-0.25, -0.2) is 18.6 Å². The summed E-state index contributed by atoms with van der Waals surface area (Å²) in [5, 5.41) is 13.0. The maximum absolute atomic E-state index is 13.4. The standard InChI is InChI=1S/C22H22F2N4O3/c1-12-8-15(13(2)25-17-7-5-4-6-14(17)20(30)31)18-16(9-12)19(29)27(3)21(26-18)28-10-22(23,24)11-28/h4-9,13,25H,10-11H2,1-3H3,(H,30,31)/t13-/m1/s1. The first-order valence-corrected chi connectivity index (χ1v) is 9.80. The molecular formula is C22H22F2N4O3. The van der Waals surface area contributed by atoms with Crippen LogP contribution in [0.2, 0.25) is 0 Å². The number of alkyl halides is 2. The van der Waals surface area contributed by atoms with Gasteiger partial charge in [0.1, 0.15) is 0 Å².